The summed E-state index contributed by atoms with van der Waals surface area (Å²) in [5.74, 6) is 0.225. The number of amides is 1. The van der Waals surface area contributed by atoms with E-state index in [1.165, 1.54) is 80.4 Å². The van der Waals surface area contributed by atoms with Crippen molar-refractivity contribution in [3.63, 3.8) is 0 Å². The molecule has 3 rings (SSSR count). The number of anilines is 2. The van der Waals surface area contributed by atoms with E-state index >= 15 is 0 Å². The minimum Gasteiger partial charge on any atom is -0.279 e. The molecule has 0 radical (unpaired) electrons. The lowest BCUT2D eigenvalue weighted by molar-refractivity contribution is -0.118. The summed E-state index contributed by atoms with van der Waals surface area (Å²) in [6.07, 6.45) is 17.9. The van der Waals surface area contributed by atoms with Gasteiger partial charge >= 0.3 is 0 Å². The van der Waals surface area contributed by atoms with E-state index in [1.807, 2.05) is 17.0 Å². The average Bonchev–Trinajstić information content (AvgIpc) is 2.80. The van der Waals surface area contributed by atoms with Gasteiger partial charge in [-0.05, 0) is 30.7 Å². The van der Waals surface area contributed by atoms with Crippen LogP contribution in [-0.4, -0.2) is 5.91 Å². The molecule has 2 nitrogen and oxygen atoms in total. The van der Waals surface area contributed by atoms with Crippen molar-refractivity contribution in [1.29, 1.82) is 0 Å². The molecule has 0 N–H and O–H groups in total. The molecule has 1 aliphatic heterocycles. The quantitative estimate of drug-likeness (QED) is 0.274. The Labute approximate surface area is 193 Å². The van der Waals surface area contributed by atoms with Crippen molar-refractivity contribution in [3.05, 3.63) is 48.5 Å². The van der Waals surface area contributed by atoms with Crippen LogP contribution in [0.25, 0.3) is 0 Å². The molecule has 0 saturated carbocycles. The van der Waals surface area contributed by atoms with E-state index in [0.29, 0.717) is 6.42 Å². The first kappa shape index (κ1) is 23.9. The van der Waals surface area contributed by atoms with Crippen LogP contribution in [0.5, 0.6) is 0 Å². The molecule has 0 saturated heterocycles. The van der Waals surface area contributed by atoms with Crippen LogP contribution in [0, 0.1) is 0 Å². The topological polar surface area (TPSA) is 20.3 Å². The molecule has 0 spiro atoms. The van der Waals surface area contributed by atoms with Gasteiger partial charge in [-0.15, -0.1) is 0 Å². The molecule has 1 heterocycles. The van der Waals surface area contributed by atoms with E-state index in [2.05, 4.69) is 43.3 Å². The van der Waals surface area contributed by atoms with Crippen LogP contribution in [0.2, 0.25) is 0 Å². The normalized spacial score (nSPS) is 12.5. The predicted molar refractivity (Wildman–Crippen MR) is 134 cm³/mol. The summed E-state index contributed by atoms with van der Waals surface area (Å²) in [5.41, 5.74) is 2.07. The summed E-state index contributed by atoms with van der Waals surface area (Å²) in [4.78, 5) is 17.4. The zero-order valence-electron chi connectivity index (χ0n) is 19.3. The van der Waals surface area contributed by atoms with E-state index in [1.54, 1.807) is 11.8 Å². The van der Waals surface area contributed by atoms with Crippen LogP contribution >= 0.6 is 11.8 Å². The number of para-hydroxylation sites is 2. The van der Waals surface area contributed by atoms with Gasteiger partial charge in [-0.3, -0.25) is 9.69 Å². The minimum absolute atomic E-state index is 0.225. The Hall–Kier alpha value is -1.74. The third-order valence-corrected chi connectivity index (χ3v) is 7.31. The molecule has 3 heteroatoms. The Balaban J connectivity index is 1.33. The second-order valence-electron chi connectivity index (χ2n) is 8.76. The lowest BCUT2D eigenvalue weighted by atomic mass is 10.0. The molecule has 0 aliphatic carbocycles. The first-order valence-electron chi connectivity index (χ1n) is 12.5. The number of fused-ring (bicyclic) bond motifs is 2. The van der Waals surface area contributed by atoms with Gasteiger partial charge in [0.25, 0.3) is 0 Å². The average molecular weight is 438 g/mol. The largest absolute Gasteiger partial charge is 0.279 e. The summed E-state index contributed by atoms with van der Waals surface area (Å²) in [6, 6.07) is 16.5. The van der Waals surface area contributed by atoms with Gasteiger partial charge in [-0.1, -0.05) is 120 Å². The van der Waals surface area contributed by atoms with Crippen molar-refractivity contribution in [2.24, 2.45) is 0 Å². The maximum absolute atomic E-state index is 13.1. The molecule has 0 aromatic heterocycles. The van der Waals surface area contributed by atoms with Crippen LogP contribution in [-0.2, 0) is 4.79 Å². The number of nitrogens with zero attached hydrogens (tertiary/aromatic N) is 1. The second-order valence-corrected chi connectivity index (χ2v) is 9.84. The number of carbonyl (C=O) groups excluding carboxylic acids is 1. The number of carbonyl (C=O) groups is 1. The minimum atomic E-state index is 0.225. The van der Waals surface area contributed by atoms with E-state index in [-0.39, 0.29) is 5.91 Å². The van der Waals surface area contributed by atoms with E-state index in [0.717, 1.165) is 24.2 Å². The number of hydrogen-bond donors (Lipinski definition) is 0. The third kappa shape index (κ3) is 7.42. The highest BCUT2D eigenvalue weighted by Gasteiger charge is 2.27. The zero-order valence-corrected chi connectivity index (χ0v) is 20.1. The molecule has 1 aliphatic rings. The molecule has 0 atom stereocenters. The molecular formula is C28H39NOS. The van der Waals surface area contributed by atoms with Crippen molar-refractivity contribution in [1.82, 2.24) is 0 Å². The Morgan fingerprint density at radius 3 is 1.55 bits per heavy atom. The lowest BCUT2D eigenvalue weighted by Crippen LogP contribution is -2.28. The van der Waals surface area contributed by atoms with Gasteiger partial charge < -0.3 is 0 Å². The second kappa shape index (κ2) is 13.6. The zero-order chi connectivity index (χ0) is 21.7. The highest BCUT2D eigenvalue weighted by molar-refractivity contribution is 7.99. The fourth-order valence-corrected chi connectivity index (χ4v) is 5.44. The molecular weight excluding hydrogens is 398 g/mol. The van der Waals surface area contributed by atoms with Crippen molar-refractivity contribution >= 4 is 29.0 Å². The van der Waals surface area contributed by atoms with Crippen molar-refractivity contribution in [2.75, 3.05) is 4.90 Å². The van der Waals surface area contributed by atoms with Crippen molar-refractivity contribution in [3.8, 4) is 0 Å². The molecule has 31 heavy (non-hydrogen) atoms. The number of rotatable bonds is 14. The SMILES string of the molecule is CCCCCCCCCCCCCCCC(=O)N1c2ccccc2Sc2ccccc21. The Kier molecular flexibility index (Phi) is 10.5. The number of benzene rings is 2. The maximum atomic E-state index is 13.1. The summed E-state index contributed by atoms with van der Waals surface area (Å²) in [7, 11) is 0. The van der Waals surface area contributed by atoms with E-state index in [9.17, 15) is 4.79 Å². The van der Waals surface area contributed by atoms with Gasteiger partial charge in [0, 0.05) is 16.2 Å². The van der Waals surface area contributed by atoms with Gasteiger partial charge in [-0.2, -0.15) is 0 Å². The van der Waals surface area contributed by atoms with Crippen LogP contribution in [0.15, 0.2) is 58.3 Å². The summed E-state index contributed by atoms with van der Waals surface area (Å²) < 4.78 is 0. The number of hydrogen-bond acceptors (Lipinski definition) is 2. The number of unbranched alkanes of at least 4 members (excludes halogenated alkanes) is 12. The van der Waals surface area contributed by atoms with Crippen LogP contribution < -0.4 is 4.90 Å². The predicted octanol–water partition coefficient (Wildman–Crippen LogP) is 9.30. The van der Waals surface area contributed by atoms with Crippen LogP contribution in [0.4, 0.5) is 11.4 Å². The Morgan fingerprint density at radius 1 is 0.645 bits per heavy atom. The molecule has 2 aromatic carbocycles. The van der Waals surface area contributed by atoms with Crippen molar-refractivity contribution < 1.29 is 4.79 Å². The molecule has 2 aromatic rings. The highest BCUT2D eigenvalue weighted by atomic mass is 32.2. The molecule has 1 amide bonds. The smallest absolute Gasteiger partial charge is 0.231 e. The first-order valence-corrected chi connectivity index (χ1v) is 13.3. The van der Waals surface area contributed by atoms with Crippen LogP contribution in [0.1, 0.15) is 96.8 Å². The highest BCUT2D eigenvalue weighted by Crippen LogP contribution is 2.48. The van der Waals surface area contributed by atoms with Gasteiger partial charge in [-0.25, -0.2) is 0 Å². The third-order valence-electron chi connectivity index (χ3n) is 6.18. The monoisotopic (exact) mass is 437 g/mol. The van der Waals surface area contributed by atoms with E-state index < -0.39 is 0 Å². The van der Waals surface area contributed by atoms with Gasteiger partial charge in [0.15, 0.2) is 0 Å². The maximum Gasteiger partial charge on any atom is 0.231 e. The fourth-order valence-electron chi connectivity index (χ4n) is 4.38. The Bertz CT molecular complexity index is 758. The van der Waals surface area contributed by atoms with Crippen LogP contribution in [0.3, 0.4) is 0 Å². The fraction of sp³-hybridized carbons (Fsp3) is 0.536. The molecule has 168 valence electrons. The first-order chi connectivity index (χ1) is 15.3. The molecule has 0 unspecified atom stereocenters. The van der Waals surface area contributed by atoms with Gasteiger partial charge in [0.05, 0.1) is 11.4 Å². The molecule has 0 bridgehead atoms. The lowest BCUT2D eigenvalue weighted by Gasteiger charge is -2.31. The standard InChI is InChI=1S/C28H39NOS/c1-2-3-4-5-6-7-8-9-10-11-12-13-14-23-28(30)29-24-19-15-17-21-26(24)31-27-22-18-16-20-25(27)29/h15-22H,2-14,23H2,1H3. The Morgan fingerprint density at radius 2 is 1.06 bits per heavy atom. The van der Waals surface area contributed by atoms with Gasteiger partial charge in [0.2, 0.25) is 5.91 Å². The summed E-state index contributed by atoms with van der Waals surface area (Å²) in [5, 5.41) is 0. The van der Waals surface area contributed by atoms with E-state index in [4.69, 9.17) is 0 Å². The molecule has 0 fully saturated rings. The summed E-state index contributed by atoms with van der Waals surface area (Å²) >= 11 is 1.76. The van der Waals surface area contributed by atoms with Gasteiger partial charge in [0.1, 0.15) is 0 Å². The van der Waals surface area contributed by atoms with Crippen molar-refractivity contribution in [2.45, 2.75) is 107 Å². The summed E-state index contributed by atoms with van der Waals surface area (Å²) in [6.45, 7) is 2.28.